The molecular weight excluding hydrogens is 346 g/mol. The normalized spacial score (nSPS) is 10.2. The molecule has 0 aliphatic heterocycles. The van der Waals surface area contributed by atoms with E-state index in [4.69, 9.17) is 15.2 Å². The highest BCUT2D eigenvalue weighted by Crippen LogP contribution is 2.32. The first kappa shape index (κ1) is 18.1. The average molecular weight is 365 g/mol. The summed E-state index contributed by atoms with van der Waals surface area (Å²) >= 11 is 0. The van der Waals surface area contributed by atoms with Gasteiger partial charge in [0.1, 0.15) is 11.4 Å². The van der Waals surface area contributed by atoms with E-state index >= 15 is 0 Å². The first-order valence-electron chi connectivity index (χ1n) is 8.06. The Morgan fingerprint density at radius 3 is 2.26 bits per heavy atom. The van der Waals surface area contributed by atoms with Crippen molar-refractivity contribution in [3.05, 3.63) is 48.5 Å². The number of aromatic nitrogens is 6. The Bertz CT molecular complexity index is 1030. The van der Waals surface area contributed by atoms with Crippen LogP contribution in [-0.2, 0) is 7.05 Å². The van der Waals surface area contributed by atoms with Gasteiger partial charge in [0.15, 0.2) is 0 Å². The summed E-state index contributed by atoms with van der Waals surface area (Å²) < 4.78 is 12.0. The zero-order valence-electron chi connectivity index (χ0n) is 15.2. The fraction of sp³-hybridized carbons (Fsp3) is 0.167. The number of nitrogen functional groups attached to an aromatic ring is 1. The molecule has 0 bridgehead atoms. The molecule has 0 unspecified atom stereocenters. The van der Waals surface area contributed by atoms with Gasteiger partial charge in [-0.25, -0.2) is 4.68 Å². The topological polar surface area (TPSA) is 114 Å². The Balaban J connectivity index is 0.000000253. The van der Waals surface area contributed by atoms with Crippen LogP contribution < -0.4 is 15.2 Å². The van der Waals surface area contributed by atoms with Crippen LogP contribution >= 0.6 is 0 Å². The number of nitrogens with two attached hydrogens (primary N) is 1. The molecule has 138 valence electrons. The maximum absolute atomic E-state index is 5.38. The van der Waals surface area contributed by atoms with Crippen molar-refractivity contribution in [3.8, 4) is 23.3 Å². The van der Waals surface area contributed by atoms with Gasteiger partial charge >= 0.3 is 6.01 Å². The second kappa shape index (κ2) is 8.09. The maximum Gasteiger partial charge on any atom is 0.317 e. The summed E-state index contributed by atoms with van der Waals surface area (Å²) in [6.45, 7) is 0. The third kappa shape index (κ3) is 3.92. The van der Waals surface area contributed by atoms with Gasteiger partial charge in [-0.05, 0) is 34.7 Å². The number of rotatable bonds is 3. The predicted molar refractivity (Wildman–Crippen MR) is 101 cm³/mol. The van der Waals surface area contributed by atoms with Crippen molar-refractivity contribution in [2.75, 3.05) is 20.0 Å². The maximum atomic E-state index is 5.38. The van der Waals surface area contributed by atoms with Gasteiger partial charge in [-0.15, -0.1) is 5.10 Å². The molecule has 0 atom stereocenters. The molecule has 0 fully saturated rings. The van der Waals surface area contributed by atoms with Crippen molar-refractivity contribution >= 4 is 16.6 Å². The Hall–Kier alpha value is -3.75. The standard InChI is InChI=1S/C12H12N6O2.C6H7N/c1-18-11(15-16-17-18)10-9-7(13-12(14-10)20-3)5-4-6-8(9)19-2;7-6-4-2-1-3-5-6/h4-6H,1-3H3;1-5H,7H2. The van der Waals surface area contributed by atoms with Crippen molar-refractivity contribution < 1.29 is 9.47 Å². The van der Waals surface area contributed by atoms with E-state index in [-0.39, 0.29) is 6.01 Å². The number of para-hydroxylation sites is 1. The minimum Gasteiger partial charge on any atom is -0.496 e. The number of ether oxygens (including phenoxy) is 2. The first-order chi connectivity index (χ1) is 13.1. The zero-order chi connectivity index (χ0) is 19.2. The lowest BCUT2D eigenvalue weighted by atomic mass is 10.1. The summed E-state index contributed by atoms with van der Waals surface area (Å²) in [7, 11) is 4.85. The van der Waals surface area contributed by atoms with Gasteiger partial charge in [-0.3, -0.25) is 0 Å². The summed E-state index contributed by atoms with van der Waals surface area (Å²) in [6, 6.07) is 15.3. The second-order valence-corrected chi connectivity index (χ2v) is 5.45. The lowest BCUT2D eigenvalue weighted by molar-refractivity contribution is 0.381. The van der Waals surface area contributed by atoms with E-state index in [0.29, 0.717) is 22.8 Å². The van der Waals surface area contributed by atoms with Gasteiger partial charge < -0.3 is 15.2 Å². The van der Waals surface area contributed by atoms with Crippen molar-refractivity contribution in [2.45, 2.75) is 0 Å². The number of methoxy groups -OCH3 is 2. The number of nitrogens with zero attached hydrogens (tertiary/aromatic N) is 6. The van der Waals surface area contributed by atoms with Crippen LogP contribution in [0.25, 0.3) is 22.4 Å². The SMILES string of the molecule is COc1nc(-c2nnnn2C)c2c(OC)cccc2n1.Nc1ccccc1. The summed E-state index contributed by atoms with van der Waals surface area (Å²) in [6.07, 6.45) is 0. The molecule has 2 heterocycles. The molecule has 0 saturated carbocycles. The minimum atomic E-state index is 0.253. The van der Waals surface area contributed by atoms with Crippen LogP contribution in [0.2, 0.25) is 0 Å². The van der Waals surface area contributed by atoms with Crippen molar-refractivity contribution in [3.63, 3.8) is 0 Å². The quantitative estimate of drug-likeness (QED) is 0.549. The van der Waals surface area contributed by atoms with E-state index in [1.54, 1.807) is 14.2 Å². The number of tetrazole rings is 1. The number of fused-ring (bicyclic) bond motifs is 1. The molecule has 0 saturated heterocycles. The monoisotopic (exact) mass is 365 g/mol. The lowest BCUT2D eigenvalue weighted by Crippen LogP contribution is -2.02. The smallest absolute Gasteiger partial charge is 0.317 e. The lowest BCUT2D eigenvalue weighted by Gasteiger charge is -2.09. The third-order valence-electron chi connectivity index (χ3n) is 3.70. The second-order valence-electron chi connectivity index (χ2n) is 5.45. The summed E-state index contributed by atoms with van der Waals surface area (Å²) in [5.41, 5.74) is 7.45. The van der Waals surface area contributed by atoms with Crippen molar-refractivity contribution in [1.82, 2.24) is 30.2 Å². The highest BCUT2D eigenvalue weighted by Gasteiger charge is 2.18. The molecule has 2 N–H and O–H groups in total. The Morgan fingerprint density at radius 1 is 0.926 bits per heavy atom. The molecule has 0 aliphatic rings. The van der Waals surface area contributed by atoms with Crippen molar-refractivity contribution in [2.24, 2.45) is 7.05 Å². The summed E-state index contributed by atoms with van der Waals surface area (Å²) in [5.74, 6) is 1.17. The highest BCUT2D eigenvalue weighted by atomic mass is 16.5. The van der Waals surface area contributed by atoms with E-state index in [2.05, 4.69) is 25.5 Å². The molecule has 9 nitrogen and oxygen atoms in total. The van der Waals surface area contributed by atoms with Gasteiger partial charge in [0.25, 0.3) is 0 Å². The van der Waals surface area contributed by atoms with Crippen LogP contribution in [-0.4, -0.2) is 44.4 Å². The number of hydrogen-bond donors (Lipinski definition) is 1. The fourth-order valence-electron chi connectivity index (χ4n) is 2.44. The third-order valence-corrected chi connectivity index (χ3v) is 3.70. The number of hydrogen-bond acceptors (Lipinski definition) is 8. The number of benzene rings is 2. The molecular formula is C18H19N7O2. The Kier molecular flexibility index (Phi) is 5.41. The van der Waals surface area contributed by atoms with Crippen LogP contribution in [0.4, 0.5) is 5.69 Å². The van der Waals surface area contributed by atoms with Crippen LogP contribution in [0.5, 0.6) is 11.8 Å². The van der Waals surface area contributed by atoms with Crippen molar-refractivity contribution in [1.29, 1.82) is 0 Å². The van der Waals surface area contributed by atoms with E-state index in [1.165, 1.54) is 11.8 Å². The average Bonchev–Trinajstić information content (AvgIpc) is 3.13. The molecule has 9 heteroatoms. The zero-order valence-corrected chi connectivity index (χ0v) is 15.2. The number of aryl methyl sites for hydroxylation is 1. The van der Waals surface area contributed by atoms with Gasteiger partial charge in [0, 0.05) is 12.7 Å². The summed E-state index contributed by atoms with van der Waals surface area (Å²) in [5, 5.41) is 12.2. The molecule has 0 radical (unpaired) electrons. The highest BCUT2D eigenvalue weighted by molar-refractivity contribution is 5.95. The fourth-order valence-corrected chi connectivity index (χ4v) is 2.44. The largest absolute Gasteiger partial charge is 0.496 e. The molecule has 2 aromatic heterocycles. The Labute approximate surface area is 155 Å². The molecule has 2 aromatic carbocycles. The van der Waals surface area contributed by atoms with Crippen LogP contribution in [0, 0.1) is 0 Å². The first-order valence-corrected chi connectivity index (χ1v) is 8.06. The molecule has 27 heavy (non-hydrogen) atoms. The van der Waals surface area contributed by atoms with Gasteiger partial charge in [0.2, 0.25) is 5.82 Å². The molecule has 0 amide bonds. The van der Waals surface area contributed by atoms with E-state index in [0.717, 1.165) is 11.1 Å². The molecule has 0 spiro atoms. The number of anilines is 1. The minimum absolute atomic E-state index is 0.253. The van der Waals surface area contributed by atoms with Gasteiger partial charge in [0.05, 0.1) is 25.1 Å². The van der Waals surface area contributed by atoms with Crippen LogP contribution in [0.1, 0.15) is 0 Å². The van der Waals surface area contributed by atoms with E-state index in [1.807, 2.05) is 48.5 Å². The molecule has 0 aliphatic carbocycles. The molecule has 4 aromatic rings. The van der Waals surface area contributed by atoms with Crippen LogP contribution in [0.15, 0.2) is 48.5 Å². The summed E-state index contributed by atoms with van der Waals surface area (Å²) in [4.78, 5) is 8.67. The molecule has 4 rings (SSSR count). The van der Waals surface area contributed by atoms with Gasteiger partial charge in [-0.2, -0.15) is 9.97 Å². The van der Waals surface area contributed by atoms with Gasteiger partial charge in [-0.1, -0.05) is 24.3 Å². The van der Waals surface area contributed by atoms with E-state index in [9.17, 15) is 0 Å². The van der Waals surface area contributed by atoms with E-state index < -0.39 is 0 Å². The Morgan fingerprint density at radius 2 is 1.70 bits per heavy atom. The predicted octanol–water partition coefficient (Wildman–Crippen LogP) is 2.11. The van der Waals surface area contributed by atoms with Crippen LogP contribution in [0.3, 0.4) is 0 Å².